The SMILES string of the molecule is Cc1ccccc1C1NC(=O)c2c(CCO)ccc(NC(=O)c3nsc4ccccc34)c21. The molecule has 1 aromatic heterocycles. The van der Waals surface area contributed by atoms with Gasteiger partial charge in [0.1, 0.15) is 5.69 Å². The minimum atomic E-state index is -0.389. The van der Waals surface area contributed by atoms with Crippen LogP contribution in [-0.4, -0.2) is 27.9 Å². The van der Waals surface area contributed by atoms with Gasteiger partial charge in [-0.05, 0) is 53.7 Å². The minimum Gasteiger partial charge on any atom is -0.396 e. The molecule has 3 N–H and O–H groups in total. The molecule has 32 heavy (non-hydrogen) atoms. The van der Waals surface area contributed by atoms with Crippen molar-refractivity contribution in [1.82, 2.24) is 9.69 Å². The average molecular weight is 444 g/mol. The van der Waals surface area contributed by atoms with Gasteiger partial charge >= 0.3 is 0 Å². The first-order chi connectivity index (χ1) is 15.6. The second kappa shape index (κ2) is 8.18. The van der Waals surface area contributed by atoms with Gasteiger partial charge in [-0.1, -0.05) is 48.5 Å². The molecule has 7 heteroatoms. The molecule has 2 heterocycles. The number of nitrogens with zero attached hydrogens (tertiary/aromatic N) is 1. The molecule has 0 fully saturated rings. The molecule has 0 radical (unpaired) electrons. The summed E-state index contributed by atoms with van der Waals surface area (Å²) in [6.45, 7) is 1.93. The highest BCUT2D eigenvalue weighted by Crippen LogP contribution is 2.39. The van der Waals surface area contributed by atoms with Crippen molar-refractivity contribution in [3.8, 4) is 0 Å². The van der Waals surface area contributed by atoms with Gasteiger partial charge in [0.2, 0.25) is 0 Å². The Balaban J connectivity index is 1.61. The number of fused-ring (bicyclic) bond motifs is 2. The number of benzene rings is 3. The van der Waals surface area contributed by atoms with Crippen LogP contribution in [0.15, 0.2) is 60.7 Å². The molecule has 0 bridgehead atoms. The van der Waals surface area contributed by atoms with Gasteiger partial charge in [-0.15, -0.1) is 0 Å². The average Bonchev–Trinajstić information content (AvgIpc) is 3.38. The third kappa shape index (κ3) is 3.36. The van der Waals surface area contributed by atoms with E-state index in [-0.39, 0.29) is 24.5 Å². The van der Waals surface area contributed by atoms with E-state index in [1.54, 1.807) is 6.07 Å². The molecule has 0 saturated carbocycles. The van der Waals surface area contributed by atoms with Crippen LogP contribution in [0.1, 0.15) is 49.1 Å². The van der Waals surface area contributed by atoms with Gasteiger partial charge in [-0.2, -0.15) is 4.37 Å². The lowest BCUT2D eigenvalue weighted by Gasteiger charge is -2.19. The number of hydrogen-bond acceptors (Lipinski definition) is 5. The second-order valence-electron chi connectivity index (χ2n) is 7.78. The predicted octanol–water partition coefficient (Wildman–Crippen LogP) is 4.22. The van der Waals surface area contributed by atoms with Crippen molar-refractivity contribution >= 4 is 39.1 Å². The van der Waals surface area contributed by atoms with Crippen LogP contribution in [-0.2, 0) is 6.42 Å². The van der Waals surface area contributed by atoms with Crippen molar-refractivity contribution in [2.24, 2.45) is 0 Å². The van der Waals surface area contributed by atoms with E-state index in [1.807, 2.05) is 61.5 Å². The largest absolute Gasteiger partial charge is 0.396 e. The van der Waals surface area contributed by atoms with Crippen LogP contribution >= 0.6 is 11.5 Å². The van der Waals surface area contributed by atoms with E-state index < -0.39 is 0 Å². The molecule has 1 unspecified atom stereocenters. The molecule has 1 aliphatic heterocycles. The van der Waals surface area contributed by atoms with Crippen LogP contribution in [0.4, 0.5) is 5.69 Å². The molecular weight excluding hydrogens is 422 g/mol. The lowest BCUT2D eigenvalue weighted by atomic mass is 9.91. The summed E-state index contributed by atoms with van der Waals surface area (Å²) in [5.74, 6) is -0.519. The molecule has 4 aromatic rings. The fraction of sp³-hybridized carbons (Fsp3) is 0.160. The first-order valence-corrected chi connectivity index (χ1v) is 11.1. The molecule has 0 saturated heterocycles. The fourth-order valence-corrected chi connectivity index (χ4v) is 5.09. The van der Waals surface area contributed by atoms with Crippen molar-refractivity contribution in [1.29, 1.82) is 0 Å². The van der Waals surface area contributed by atoms with Crippen molar-refractivity contribution in [2.75, 3.05) is 11.9 Å². The predicted molar refractivity (Wildman–Crippen MR) is 125 cm³/mol. The van der Waals surface area contributed by atoms with Crippen LogP contribution in [0.25, 0.3) is 10.1 Å². The molecular formula is C25H21N3O3S. The Morgan fingerprint density at radius 3 is 2.72 bits per heavy atom. The van der Waals surface area contributed by atoms with Gasteiger partial charge in [0.25, 0.3) is 11.8 Å². The first kappa shape index (κ1) is 20.4. The number of aromatic nitrogens is 1. The summed E-state index contributed by atoms with van der Waals surface area (Å²) in [5, 5.41) is 16.4. The highest BCUT2D eigenvalue weighted by atomic mass is 32.1. The molecule has 1 aliphatic rings. The lowest BCUT2D eigenvalue weighted by molar-refractivity contribution is 0.0958. The van der Waals surface area contributed by atoms with E-state index in [9.17, 15) is 14.7 Å². The monoisotopic (exact) mass is 443 g/mol. The second-order valence-corrected chi connectivity index (χ2v) is 8.58. The number of nitrogens with one attached hydrogen (secondary N) is 2. The number of anilines is 1. The van der Waals surface area contributed by atoms with E-state index in [0.29, 0.717) is 23.4 Å². The maximum Gasteiger partial charge on any atom is 0.276 e. The zero-order valence-electron chi connectivity index (χ0n) is 17.4. The third-order valence-corrected chi connectivity index (χ3v) is 6.67. The van der Waals surface area contributed by atoms with Crippen LogP contribution in [0, 0.1) is 6.92 Å². The van der Waals surface area contributed by atoms with E-state index in [1.165, 1.54) is 11.5 Å². The van der Waals surface area contributed by atoms with Crippen molar-refractivity contribution in [2.45, 2.75) is 19.4 Å². The number of carbonyl (C=O) groups excluding carboxylic acids is 2. The van der Waals surface area contributed by atoms with Crippen LogP contribution in [0.5, 0.6) is 0 Å². The number of aliphatic hydroxyl groups is 1. The number of hydrogen-bond donors (Lipinski definition) is 3. The molecule has 5 rings (SSSR count). The fourth-order valence-electron chi connectivity index (χ4n) is 4.32. The zero-order valence-corrected chi connectivity index (χ0v) is 18.2. The Hall–Kier alpha value is -3.55. The Morgan fingerprint density at radius 2 is 1.91 bits per heavy atom. The maximum atomic E-state index is 13.2. The Bertz CT molecular complexity index is 1360. The van der Waals surface area contributed by atoms with Gasteiger partial charge in [-0.3, -0.25) is 9.59 Å². The van der Waals surface area contributed by atoms with Crippen molar-refractivity contribution in [3.05, 3.63) is 94.2 Å². The van der Waals surface area contributed by atoms with E-state index in [0.717, 1.165) is 32.3 Å². The summed E-state index contributed by atoms with van der Waals surface area (Å²) in [4.78, 5) is 26.2. The molecule has 0 spiro atoms. The zero-order chi connectivity index (χ0) is 22.2. The minimum absolute atomic E-state index is 0.0642. The van der Waals surface area contributed by atoms with Crippen LogP contribution < -0.4 is 10.6 Å². The number of rotatable bonds is 5. The topological polar surface area (TPSA) is 91.3 Å². The molecule has 160 valence electrons. The Kier molecular flexibility index (Phi) is 5.20. The lowest BCUT2D eigenvalue weighted by Crippen LogP contribution is -2.21. The Labute approximate surface area is 189 Å². The van der Waals surface area contributed by atoms with E-state index >= 15 is 0 Å². The van der Waals surface area contributed by atoms with Gasteiger partial charge in [-0.25, -0.2) is 0 Å². The normalized spacial score (nSPS) is 14.9. The maximum absolute atomic E-state index is 13.2. The number of aryl methyl sites for hydroxylation is 1. The van der Waals surface area contributed by atoms with Crippen molar-refractivity contribution < 1.29 is 14.7 Å². The third-order valence-electron chi connectivity index (χ3n) is 5.84. The number of aliphatic hydroxyl groups excluding tert-OH is 1. The summed E-state index contributed by atoms with van der Waals surface area (Å²) in [6.07, 6.45) is 0.362. The highest BCUT2D eigenvalue weighted by Gasteiger charge is 2.35. The van der Waals surface area contributed by atoms with Gasteiger partial charge in [0.15, 0.2) is 0 Å². The quantitative estimate of drug-likeness (QED) is 0.431. The summed E-state index contributed by atoms with van der Waals surface area (Å²) in [6, 6.07) is 18.7. The van der Waals surface area contributed by atoms with Crippen LogP contribution in [0.3, 0.4) is 0 Å². The van der Waals surface area contributed by atoms with Gasteiger partial charge < -0.3 is 15.7 Å². The summed E-state index contributed by atoms with van der Waals surface area (Å²) < 4.78 is 5.29. The summed E-state index contributed by atoms with van der Waals surface area (Å²) in [7, 11) is 0. The van der Waals surface area contributed by atoms with Gasteiger partial charge in [0, 0.05) is 23.2 Å². The van der Waals surface area contributed by atoms with Gasteiger partial charge in [0.05, 0.1) is 16.3 Å². The smallest absolute Gasteiger partial charge is 0.276 e. The molecule has 0 aliphatic carbocycles. The highest BCUT2D eigenvalue weighted by molar-refractivity contribution is 7.13. The molecule has 6 nitrogen and oxygen atoms in total. The number of amides is 2. The first-order valence-electron chi connectivity index (χ1n) is 10.4. The molecule has 1 atom stereocenters. The molecule has 2 amide bonds. The van der Waals surface area contributed by atoms with Crippen molar-refractivity contribution in [3.63, 3.8) is 0 Å². The van der Waals surface area contributed by atoms with E-state index in [2.05, 4.69) is 15.0 Å². The molecule has 3 aromatic carbocycles. The standard InChI is InChI=1S/C25H21N3O3S/c1-14-6-2-3-7-16(14)22-21-18(11-10-15(12-13-29)20(21)24(30)27-22)26-25(31)23-17-8-4-5-9-19(17)32-28-23/h2-11,22,29H,12-13H2,1H3,(H,26,31)(H,27,30). The summed E-state index contributed by atoms with van der Waals surface area (Å²) >= 11 is 1.28. The Morgan fingerprint density at radius 1 is 1.12 bits per heavy atom. The summed E-state index contributed by atoms with van der Waals surface area (Å²) in [5.41, 5.74) is 4.94. The van der Waals surface area contributed by atoms with Crippen LogP contribution in [0.2, 0.25) is 0 Å². The van der Waals surface area contributed by atoms with E-state index in [4.69, 9.17) is 0 Å². The number of carbonyl (C=O) groups is 2.